The number of nitrogens with zero attached hydrogens (tertiary/aromatic N) is 1. The van der Waals surface area contributed by atoms with Gasteiger partial charge in [-0.1, -0.05) is 0 Å². The van der Waals surface area contributed by atoms with E-state index < -0.39 is 11.7 Å². The molecule has 18 heavy (non-hydrogen) atoms. The molecule has 1 aromatic carbocycles. The average molecular weight is 262 g/mol. The number of hydrogen-bond acceptors (Lipinski definition) is 3. The molecule has 0 aliphatic heterocycles. The Bertz CT molecular complexity index is 365. The van der Waals surface area contributed by atoms with E-state index in [1.807, 2.05) is 0 Å². The van der Waals surface area contributed by atoms with Gasteiger partial charge in [-0.05, 0) is 24.3 Å². The summed E-state index contributed by atoms with van der Waals surface area (Å²) in [4.78, 5) is 1.80. The number of benzene rings is 1. The summed E-state index contributed by atoms with van der Waals surface area (Å²) in [6.45, 7) is 0.921. The summed E-state index contributed by atoms with van der Waals surface area (Å²) >= 11 is 0. The summed E-state index contributed by atoms with van der Waals surface area (Å²) in [7, 11) is 3.33. The molecule has 1 unspecified atom stereocenters. The number of methoxy groups -OCH3 is 1. The van der Waals surface area contributed by atoms with Gasteiger partial charge in [0.15, 0.2) is 0 Å². The first-order valence-electron chi connectivity index (χ1n) is 5.47. The van der Waals surface area contributed by atoms with Crippen molar-refractivity contribution in [2.45, 2.75) is 12.2 Å². The van der Waals surface area contributed by atoms with E-state index in [2.05, 4.69) is 0 Å². The molecule has 2 N–H and O–H groups in total. The van der Waals surface area contributed by atoms with E-state index in [0.29, 0.717) is 18.8 Å². The zero-order valence-electron chi connectivity index (χ0n) is 10.4. The van der Waals surface area contributed by atoms with E-state index in [4.69, 9.17) is 10.5 Å². The lowest BCUT2D eigenvalue weighted by Gasteiger charge is -2.23. The minimum atomic E-state index is -4.30. The van der Waals surface area contributed by atoms with Crippen molar-refractivity contribution in [2.24, 2.45) is 5.73 Å². The number of alkyl halides is 3. The van der Waals surface area contributed by atoms with Crippen LogP contribution < -0.4 is 10.6 Å². The van der Waals surface area contributed by atoms with Crippen LogP contribution in [0, 0.1) is 0 Å². The zero-order valence-corrected chi connectivity index (χ0v) is 10.4. The van der Waals surface area contributed by atoms with Gasteiger partial charge in [-0.25, -0.2) is 0 Å². The SMILES string of the molecule is COCC(N)CN(C)c1ccc(C(F)(F)F)cc1. The molecule has 0 radical (unpaired) electrons. The number of nitrogens with two attached hydrogens (primary N) is 1. The molecule has 6 heteroatoms. The molecular formula is C12H17F3N2O. The first kappa shape index (κ1) is 14.8. The lowest BCUT2D eigenvalue weighted by Crippen LogP contribution is -2.38. The quantitative estimate of drug-likeness (QED) is 0.883. The van der Waals surface area contributed by atoms with Crippen LogP contribution in [0.4, 0.5) is 18.9 Å². The van der Waals surface area contributed by atoms with Gasteiger partial charge in [0.1, 0.15) is 0 Å². The molecule has 0 aliphatic rings. The van der Waals surface area contributed by atoms with Gasteiger partial charge in [0, 0.05) is 32.4 Å². The van der Waals surface area contributed by atoms with E-state index in [1.54, 1.807) is 19.1 Å². The van der Waals surface area contributed by atoms with Crippen LogP contribution in [-0.2, 0) is 10.9 Å². The van der Waals surface area contributed by atoms with Crippen LogP contribution in [0.3, 0.4) is 0 Å². The van der Waals surface area contributed by atoms with Crippen molar-refractivity contribution in [3.8, 4) is 0 Å². The maximum Gasteiger partial charge on any atom is 0.416 e. The van der Waals surface area contributed by atoms with Crippen molar-refractivity contribution < 1.29 is 17.9 Å². The second-order valence-electron chi connectivity index (χ2n) is 4.14. The lowest BCUT2D eigenvalue weighted by atomic mass is 10.2. The summed E-state index contributed by atoms with van der Waals surface area (Å²) < 4.78 is 42.0. The highest BCUT2D eigenvalue weighted by molar-refractivity contribution is 5.47. The van der Waals surface area contributed by atoms with E-state index >= 15 is 0 Å². The Labute approximate surface area is 104 Å². The standard InChI is InChI=1S/C12H17F3N2O/c1-17(7-10(16)8-18-2)11-5-3-9(4-6-11)12(13,14)15/h3-6,10H,7-8,16H2,1-2H3. The van der Waals surface area contributed by atoms with Crippen LogP contribution in [0.1, 0.15) is 5.56 Å². The summed E-state index contributed by atoms with van der Waals surface area (Å²) in [6, 6.07) is 4.81. The van der Waals surface area contributed by atoms with Crippen molar-refractivity contribution in [3.05, 3.63) is 29.8 Å². The van der Waals surface area contributed by atoms with E-state index in [-0.39, 0.29) is 6.04 Å². The van der Waals surface area contributed by atoms with Gasteiger partial charge in [-0.2, -0.15) is 13.2 Å². The molecule has 0 saturated heterocycles. The fraction of sp³-hybridized carbons (Fsp3) is 0.500. The third-order valence-electron chi connectivity index (χ3n) is 2.52. The largest absolute Gasteiger partial charge is 0.416 e. The van der Waals surface area contributed by atoms with E-state index in [0.717, 1.165) is 12.1 Å². The first-order chi connectivity index (χ1) is 8.34. The molecule has 0 saturated carbocycles. The third kappa shape index (κ3) is 4.19. The normalized spacial score (nSPS) is 13.4. The van der Waals surface area contributed by atoms with Crippen LogP contribution in [0.15, 0.2) is 24.3 Å². The van der Waals surface area contributed by atoms with Crippen LogP contribution >= 0.6 is 0 Å². The highest BCUT2D eigenvalue weighted by Gasteiger charge is 2.30. The number of likely N-dealkylation sites (N-methyl/N-ethyl adjacent to an activating group) is 1. The Morgan fingerprint density at radius 3 is 2.28 bits per heavy atom. The minimum Gasteiger partial charge on any atom is -0.383 e. The molecule has 1 rings (SSSR count). The first-order valence-corrected chi connectivity index (χ1v) is 5.47. The lowest BCUT2D eigenvalue weighted by molar-refractivity contribution is -0.137. The molecule has 0 amide bonds. The van der Waals surface area contributed by atoms with Gasteiger partial charge in [0.05, 0.1) is 12.2 Å². The van der Waals surface area contributed by atoms with Gasteiger partial charge in [0.2, 0.25) is 0 Å². The van der Waals surface area contributed by atoms with Crippen LogP contribution in [0.5, 0.6) is 0 Å². The van der Waals surface area contributed by atoms with Crippen LogP contribution in [0.2, 0.25) is 0 Å². The van der Waals surface area contributed by atoms with Crippen LogP contribution in [0.25, 0.3) is 0 Å². The number of hydrogen-bond donors (Lipinski definition) is 1. The van der Waals surface area contributed by atoms with Gasteiger partial charge in [-0.15, -0.1) is 0 Å². The summed E-state index contributed by atoms with van der Waals surface area (Å²) in [6.07, 6.45) is -4.30. The number of ether oxygens (including phenoxy) is 1. The fourth-order valence-corrected chi connectivity index (χ4v) is 1.63. The summed E-state index contributed by atoms with van der Waals surface area (Å²) in [5.41, 5.74) is 5.81. The number of halogens is 3. The van der Waals surface area contributed by atoms with Crippen molar-refractivity contribution in [3.63, 3.8) is 0 Å². The molecule has 0 aromatic heterocycles. The van der Waals surface area contributed by atoms with Gasteiger partial charge >= 0.3 is 6.18 Å². The molecule has 3 nitrogen and oxygen atoms in total. The molecule has 102 valence electrons. The molecule has 1 aromatic rings. The van der Waals surface area contributed by atoms with Crippen molar-refractivity contribution in [1.29, 1.82) is 0 Å². The second kappa shape index (κ2) is 6.06. The molecule has 0 bridgehead atoms. The number of rotatable bonds is 5. The number of anilines is 1. The Balaban J connectivity index is 2.67. The van der Waals surface area contributed by atoms with E-state index in [9.17, 15) is 13.2 Å². The Morgan fingerprint density at radius 1 is 1.28 bits per heavy atom. The molecule has 0 spiro atoms. The second-order valence-corrected chi connectivity index (χ2v) is 4.14. The monoisotopic (exact) mass is 262 g/mol. The van der Waals surface area contributed by atoms with E-state index in [1.165, 1.54) is 12.1 Å². The molecule has 0 heterocycles. The van der Waals surface area contributed by atoms with Crippen LogP contribution in [-0.4, -0.2) is 33.4 Å². The van der Waals surface area contributed by atoms with Gasteiger partial charge < -0.3 is 15.4 Å². The topological polar surface area (TPSA) is 38.5 Å². The molecule has 0 aliphatic carbocycles. The maximum absolute atomic E-state index is 12.4. The highest BCUT2D eigenvalue weighted by Crippen LogP contribution is 2.30. The average Bonchev–Trinajstić information content (AvgIpc) is 2.28. The zero-order chi connectivity index (χ0) is 13.8. The van der Waals surface area contributed by atoms with Crippen molar-refractivity contribution in [1.82, 2.24) is 0 Å². The summed E-state index contributed by atoms with van der Waals surface area (Å²) in [5.74, 6) is 0. The Morgan fingerprint density at radius 2 is 1.83 bits per heavy atom. The predicted octanol–water partition coefficient (Wildman–Crippen LogP) is 2.12. The Hall–Kier alpha value is -1.27. The molecular weight excluding hydrogens is 245 g/mol. The fourth-order valence-electron chi connectivity index (χ4n) is 1.63. The minimum absolute atomic E-state index is 0.178. The smallest absolute Gasteiger partial charge is 0.383 e. The molecule has 1 atom stereocenters. The maximum atomic E-state index is 12.4. The molecule has 0 fully saturated rings. The highest BCUT2D eigenvalue weighted by atomic mass is 19.4. The van der Waals surface area contributed by atoms with Crippen molar-refractivity contribution in [2.75, 3.05) is 32.2 Å². The Kier molecular flexibility index (Phi) is 4.98. The summed E-state index contributed by atoms with van der Waals surface area (Å²) in [5, 5.41) is 0. The van der Waals surface area contributed by atoms with Crippen molar-refractivity contribution >= 4 is 5.69 Å². The van der Waals surface area contributed by atoms with Gasteiger partial charge in [-0.3, -0.25) is 0 Å². The third-order valence-corrected chi connectivity index (χ3v) is 2.52. The predicted molar refractivity (Wildman–Crippen MR) is 64.6 cm³/mol. The van der Waals surface area contributed by atoms with Gasteiger partial charge in [0.25, 0.3) is 0 Å².